The molecule has 37 heavy (non-hydrogen) atoms. The fourth-order valence-electron chi connectivity index (χ4n) is 8.66. The van der Waals surface area contributed by atoms with Crippen molar-refractivity contribution >= 4 is 23.3 Å². The summed E-state index contributed by atoms with van der Waals surface area (Å²) in [6.45, 7) is 15.0. The summed E-state index contributed by atoms with van der Waals surface area (Å²) < 4.78 is 0. The number of Topliss-reactive ketones (excluding diaryl/α,β-unsaturated/α-hetero) is 2. The molecule has 7 atom stereocenters. The maximum atomic E-state index is 14.0. The van der Waals surface area contributed by atoms with E-state index in [0.717, 1.165) is 0 Å². The first-order valence-electron chi connectivity index (χ1n) is 13.2. The second kappa shape index (κ2) is 8.57. The third-order valence-electron chi connectivity index (χ3n) is 10.9. The molecule has 2 saturated carbocycles. The smallest absolute Gasteiger partial charge is 0.331 e. The van der Waals surface area contributed by atoms with Crippen molar-refractivity contribution in [3.8, 4) is 0 Å². The Balaban J connectivity index is 1.81. The summed E-state index contributed by atoms with van der Waals surface area (Å²) >= 11 is 0. The normalized spacial score (nSPS) is 41.1. The number of ketones is 3. The van der Waals surface area contributed by atoms with Crippen molar-refractivity contribution in [1.29, 1.82) is 0 Å². The number of hydrogen-bond acceptors (Lipinski definition) is 6. The van der Waals surface area contributed by atoms with Crippen LogP contribution in [0.4, 0.5) is 0 Å². The van der Waals surface area contributed by atoms with Crippen LogP contribution in [-0.4, -0.2) is 50.8 Å². The van der Waals surface area contributed by atoms with Crippen LogP contribution in [0.15, 0.2) is 34.9 Å². The van der Waals surface area contributed by atoms with E-state index in [1.165, 1.54) is 6.08 Å². The second-order valence-electron chi connectivity index (χ2n) is 13.1. The number of carboxylic acid groups (broad SMARTS) is 1. The van der Waals surface area contributed by atoms with E-state index in [1.54, 1.807) is 6.92 Å². The van der Waals surface area contributed by atoms with E-state index < -0.39 is 39.8 Å². The van der Waals surface area contributed by atoms with E-state index >= 15 is 0 Å². The fourth-order valence-corrected chi connectivity index (χ4v) is 8.66. The van der Waals surface area contributed by atoms with Gasteiger partial charge in [0.25, 0.3) is 0 Å². The first kappa shape index (κ1) is 27.6. The number of allylic oxidation sites excluding steroid dienone is 3. The average molecular weight is 513 g/mol. The van der Waals surface area contributed by atoms with Crippen LogP contribution in [0, 0.1) is 33.5 Å². The molecule has 0 heterocycles. The van der Waals surface area contributed by atoms with Gasteiger partial charge in [-0.1, -0.05) is 46.8 Å². The maximum absolute atomic E-state index is 14.0. The van der Waals surface area contributed by atoms with Gasteiger partial charge in [-0.15, -0.1) is 0 Å². The molecule has 0 spiro atoms. The van der Waals surface area contributed by atoms with E-state index in [1.807, 2.05) is 27.7 Å². The lowest BCUT2D eigenvalue weighted by Crippen LogP contribution is -2.60. The topological polar surface area (TPSA) is 129 Å². The Bertz CT molecular complexity index is 1170. The number of carbonyl (C=O) groups excluding carboxylic acids is 3. The highest BCUT2D eigenvalue weighted by Gasteiger charge is 2.69. The van der Waals surface area contributed by atoms with Crippen LogP contribution in [0.2, 0.25) is 0 Å². The summed E-state index contributed by atoms with van der Waals surface area (Å²) in [6.07, 6.45) is 1.08. The molecule has 0 unspecified atom stereocenters. The molecule has 7 heteroatoms. The van der Waals surface area contributed by atoms with E-state index in [4.69, 9.17) is 5.11 Å². The Morgan fingerprint density at radius 3 is 2.30 bits per heavy atom. The lowest BCUT2D eigenvalue weighted by atomic mass is 9.42. The molecule has 2 fully saturated rings. The van der Waals surface area contributed by atoms with E-state index in [-0.39, 0.29) is 47.6 Å². The van der Waals surface area contributed by atoms with Crippen molar-refractivity contribution in [3.63, 3.8) is 0 Å². The minimum Gasteiger partial charge on any atom is -0.478 e. The zero-order valence-corrected chi connectivity index (χ0v) is 22.8. The van der Waals surface area contributed by atoms with Crippen LogP contribution in [0.5, 0.6) is 0 Å². The van der Waals surface area contributed by atoms with Gasteiger partial charge in [-0.25, -0.2) is 4.79 Å². The highest BCUT2D eigenvalue weighted by atomic mass is 16.4. The van der Waals surface area contributed by atoms with Gasteiger partial charge in [-0.2, -0.15) is 0 Å². The molecule has 7 nitrogen and oxygen atoms in total. The Kier molecular flexibility index (Phi) is 6.40. The first-order valence-corrected chi connectivity index (χ1v) is 13.2. The van der Waals surface area contributed by atoms with Crippen LogP contribution < -0.4 is 0 Å². The molecule has 0 amide bonds. The Morgan fingerprint density at radius 1 is 1.08 bits per heavy atom. The second-order valence-corrected chi connectivity index (χ2v) is 13.1. The molecule has 4 aliphatic rings. The summed E-state index contributed by atoms with van der Waals surface area (Å²) in [5, 5.41) is 32.2. The number of fused-ring (bicyclic) bond motifs is 4. The number of aliphatic hydroxyl groups excluding tert-OH is 2. The van der Waals surface area contributed by atoms with Crippen LogP contribution in [0.3, 0.4) is 0 Å². The van der Waals surface area contributed by atoms with E-state index in [0.29, 0.717) is 42.4 Å². The van der Waals surface area contributed by atoms with Gasteiger partial charge in [0, 0.05) is 46.7 Å². The highest BCUT2D eigenvalue weighted by Crippen LogP contribution is 2.71. The Labute approximate surface area is 218 Å². The molecule has 4 aliphatic carbocycles. The Morgan fingerprint density at radius 2 is 1.70 bits per heavy atom. The standard InChI is InChI=1S/C30H40O7/c1-15(10-17(31)11-16(2)26(36)37)18-12-23(35)30(7)25-19(32)13-21-27(3,4)22(34)8-9-28(21,5)24(25)20(33)14-29(18,30)6/h10,18-19,21,23,32,35H,2,8-9,11-14H2,1,3-7H3,(H,36,37)/b15-10-/t18-,19+,21+,23+,28+,29-,30+/m1/s1. The van der Waals surface area contributed by atoms with Crippen molar-refractivity contribution in [1.82, 2.24) is 0 Å². The molecule has 3 N–H and O–H groups in total. The van der Waals surface area contributed by atoms with Crippen molar-refractivity contribution in [2.75, 3.05) is 0 Å². The van der Waals surface area contributed by atoms with Crippen molar-refractivity contribution in [2.45, 2.75) is 92.3 Å². The van der Waals surface area contributed by atoms with Crippen LogP contribution >= 0.6 is 0 Å². The average Bonchev–Trinajstić information content (AvgIpc) is 2.99. The molecule has 0 aromatic rings. The minimum atomic E-state index is -1.22. The van der Waals surface area contributed by atoms with Crippen LogP contribution in [-0.2, 0) is 19.2 Å². The third-order valence-corrected chi connectivity index (χ3v) is 10.9. The number of hydrogen-bond donors (Lipinski definition) is 3. The molecule has 0 saturated heterocycles. The van der Waals surface area contributed by atoms with Gasteiger partial charge in [0.2, 0.25) is 0 Å². The molecular formula is C30H40O7. The lowest BCUT2D eigenvalue weighted by Gasteiger charge is -2.61. The molecule has 4 rings (SSSR count). The first-order chi connectivity index (χ1) is 16.9. The predicted molar refractivity (Wildman–Crippen MR) is 137 cm³/mol. The molecule has 0 aromatic heterocycles. The summed E-state index contributed by atoms with van der Waals surface area (Å²) in [5.41, 5.74) is -1.17. The van der Waals surface area contributed by atoms with E-state index in [2.05, 4.69) is 13.5 Å². The van der Waals surface area contributed by atoms with Crippen molar-refractivity contribution < 1.29 is 34.5 Å². The summed E-state index contributed by atoms with van der Waals surface area (Å²) in [6, 6.07) is 0. The molecule has 0 aliphatic heterocycles. The lowest BCUT2D eigenvalue weighted by molar-refractivity contribution is -0.145. The van der Waals surface area contributed by atoms with Crippen LogP contribution in [0.25, 0.3) is 0 Å². The molecule has 0 bridgehead atoms. The van der Waals surface area contributed by atoms with Crippen molar-refractivity contribution in [2.24, 2.45) is 33.5 Å². The number of aliphatic hydroxyl groups is 2. The minimum absolute atomic E-state index is 0.0520. The zero-order chi connectivity index (χ0) is 27.9. The zero-order valence-electron chi connectivity index (χ0n) is 22.8. The maximum Gasteiger partial charge on any atom is 0.331 e. The summed E-state index contributed by atoms with van der Waals surface area (Å²) in [7, 11) is 0. The predicted octanol–water partition coefficient (Wildman–Crippen LogP) is 3.97. The molecule has 0 aromatic carbocycles. The van der Waals surface area contributed by atoms with Crippen molar-refractivity contribution in [3.05, 3.63) is 34.9 Å². The van der Waals surface area contributed by atoms with Gasteiger partial charge >= 0.3 is 5.97 Å². The largest absolute Gasteiger partial charge is 0.478 e. The number of aliphatic carboxylic acids is 1. The Hall–Kier alpha value is -2.38. The van der Waals surface area contributed by atoms with Gasteiger partial charge in [0.15, 0.2) is 11.6 Å². The third kappa shape index (κ3) is 3.68. The number of rotatable bonds is 5. The molecule has 0 radical (unpaired) electrons. The van der Waals surface area contributed by atoms with Crippen LogP contribution in [0.1, 0.15) is 80.1 Å². The summed E-state index contributed by atoms with van der Waals surface area (Å²) in [5.74, 6) is -2.00. The summed E-state index contributed by atoms with van der Waals surface area (Å²) in [4.78, 5) is 50.5. The van der Waals surface area contributed by atoms with Gasteiger partial charge in [-0.3, -0.25) is 14.4 Å². The quantitative estimate of drug-likeness (QED) is 0.475. The van der Waals surface area contributed by atoms with Gasteiger partial charge < -0.3 is 15.3 Å². The number of carboxylic acids is 1. The van der Waals surface area contributed by atoms with E-state index in [9.17, 15) is 29.4 Å². The molecular weight excluding hydrogens is 472 g/mol. The van der Waals surface area contributed by atoms with Gasteiger partial charge in [-0.05, 0) is 55.1 Å². The SMILES string of the molecule is C=C(CC(=O)/C=C(/C)[C@H]1C[C@H](O)[C@@]2(C)C3=C(C(=O)C[C@]12C)[C@@]1(C)CCC(=O)C(C)(C)[C@@H]1C[C@@H]3O)C(=O)O. The fraction of sp³-hybridized carbons (Fsp3) is 0.667. The van der Waals surface area contributed by atoms with Gasteiger partial charge in [0.05, 0.1) is 12.2 Å². The monoisotopic (exact) mass is 512 g/mol. The number of carbonyl (C=O) groups is 4. The highest BCUT2D eigenvalue weighted by molar-refractivity contribution is 6.01. The van der Waals surface area contributed by atoms with Gasteiger partial charge in [0.1, 0.15) is 5.78 Å². The molecule has 202 valence electrons.